The summed E-state index contributed by atoms with van der Waals surface area (Å²) in [5.74, 6) is 0.612. The highest BCUT2D eigenvalue weighted by atomic mass is 32.2. The molecule has 0 bridgehead atoms. The lowest BCUT2D eigenvalue weighted by Crippen LogP contribution is -2.26. The molecule has 1 atom stereocenters. The van der Waals surface area contributed by atoms with Gasteiger partial charge >= 0.3 is 0 Å². The molecule has 6 nitrogen and oxygen atoms in total. The highest BCUT2D eigenvalue weighted by molar-refractivity contribution is 7.89. The van der Waals surface area contributed by atoms with Crippen LogP contribution in [0, 0.1) is 6.92 Å². The second-order valence-corrected chi connectivity index (χ2v) is 7.11. The van der Waals surface area contributed by atoms with E-state index in [4.69, 9.17) is 4.74 Å². The van der Waals surface area contributed by atoms with Gasteiger partial charge in [0.15, 0.2) is 0 Å². The lowest BCUT2D eigenvalue weighted by atomic mass is 10.2. The molecule has 0 spiro atoms. The zero-order chi connectivity index (χ0) is 17.0. The molecule has 0 fully saturated rings. The zero-order valence-corrected chi connectivity index (χ0v) is 14.3. The summed E-state index contributed by atoms with van der Waals surface area (Å²) in [6.07, 6.45) is 1.42. The minimum Gasteiger partial charge on any atom is -0.497 e. The Kier molecular flexibility index (Phi) is 5.46. The molecular formula is C16H22N2O4S. The van der Waals surface area contributed by atoms with Crippen LogP contribution in [0.1, 0.15) is 23.8 Å². The van der Waals surface area contributed by atoms with Crippen LogP contribution in [-0.2, 0) is 17.1 Å². The fourth-order valence-electron chi connectivity index (χ4n) is 2.43. The van der Waals surface area contributed by atoms with Crippen molar-refractivity contribution >= 4 is 10.0 Å². The maximum Gasteiger partial charge on any atom is 0.240 e. The molecule has 2 N–H and O–H groups in total. The van der Waals surface area contributed by atoms with E-state index in [1.807, 2.05) is 29.9 Å². The molecule has 0 aliphatic rings. The molecule has 1 aromatic heterocycles. The van der Waals surface area contributed by atoms with E-state index in [1.165, 1.54) is 13.2 Å². The number of rotatable bonds is 7. The second kappa shape index (κ2) is 7.16. The van der Waals surface area contributed by atoms with Gasteiger partial charge in [0.25, 0.3) is 0 Å². The van der Waals surface area contributed by atoms with Gasteiger partial charge in [0.1, 0.15) is 5.75 Å². The SMILES string of the molecule is COc1ccc(S(=O)(=O)NCC[C@H](O)c2cccn2C)c(C)c1. The van der Waals surface area contributed by atoms with Crippen molar-refractivity contribution in [2.75, 3.05) is 13.7 Å². The van der Waals surface area contributed by atoms with Crippen LogP contribution in [0.2, 0.25) is 0 Å². The highest BCUT2D eigenvalue weighted by Crippen LogP contribution is 2.21. The Bertz CT molecular complexity index is 768. The van der Waals surface area contributed by atoms with Gasteiger partial charge in [-0.2, -0.15) is 0 Å². The van der Waals surface area contributed by atoms with Crippen molar-refractivity contribution in [2.24, 2.45) is 7.05 Å². The van der Waals surface area contributed by atoms with Crippen molar-refractivity contribution in [3.05, 3.63) is 47.8 Å². The molecule has 7 heteroatoms. The van der Waals surface area contributed by atoms with Gasteiger partial charge in [0, 0.05) is 25.5 Å². The number of hydrogen-bond donors (Lipinski definition) is 2. The first-order valence-corrected chi connectivity index (χ1v) is 8.77. The molecule has 0 aliphatic heterocycles. The third kappa shape index (κ3) is 4.13. The van der Waals surface area contributed by atoms with E-state index in [0.29, 0.717) is 17.7 Å². The largest absolute Gasteiger partial charge is 0.497 e. The number of aliphatic hydroxyl groups is 1. The number of methoxy groups -OCH3 is 1. The number of sulfonamides is 1. The Morgan fingerprint density at radius 3 is 2.65 bits per heavy atom. The van der Waals surface area contributed by atoms with Crippen molar-refractivity contribution in [2.45, 2.75) is 24.3 Å². The van der Waals surface area contributed by atoms with Crippen LogP contribution in [-0.4, -0.2) is 31.7 Å². The number of nitrogens with zero attached hydrogens (tertiary/aromatic N) is 1. The minimum absolute atomic E-state index is 0.153. The van der Waals surface area contributed by atoms with Crippen LogP contribution >= 0.6 is 0 Å². The third-order valence-corrected chi connectivity index (χ3v) is 5.33. The zero-order valence-electron chi connectivity index (χ0n) is 13.5. The molecule has 0 saturated heterocycles. The van der Waals surface area contributed by atoms with Crippen LogP contribution in [0.25, 0.3) is 0 Å². The standard InChI is InChI=1S/C16H22N2O4S/c1-12-11-13(22-3)6-7-16(12)23(20,21)17-9-8-15(19)14-5-4-10-18(14)2/h4-7,10-11,15,17,19H,8-9H2,1-3H3/t15-/m0/s1. The molecule has 0 saturated carbocycles. The van der Waals surface area contributed by atoms with Crippen molar-refractivity contribution in [3.63, 3.8) is 0 Å². The summed E-state index contributed by atoms with van der Waals surface area (Å²) >= 11 is 0. The summed E-state index contributed by atoms with van der Waals surface area (Å²) in [5.41, 5.74) is 1.37. The van der Waals surface area contributed by atoms with Crippen LogP contribution in [0.5, 0.6) is 5.75 Å². The van der Waals surface area contributed by atoms with Crippen molar-refractivity contribution < 1.29 is 18.3 Å². The maximum atomic E-state index is 12.3. The fraction of sp³-hybridized carbons (Fsp3) is 0.375. The number of ether oxygens (including phenoxy) is 1. The van der Waals surface area contributed by atoms with Crippen molar-refractivity contribution in [1.82, 2.24) is 9.29 Å². The van der Waals surface area contributed by atoms with Gasteiger partial charge < -0.3 is 14.4 Å². The van der Waals surface area contributed by atoms with Crippen LogP contribution in [0.3, 0.4) is 0 Å². The van der Waals surface area contributed by atoms with E-state index in [-0.39, 0.29) is 11.4 Å². The van der Waals surface area contributed by atoms with Gasteiger partial charge in [-0.3, -0.25) is 0 Å². The summed E-state index contributed by atoms with van der Waals surface area (Å²) in [7, 11) is -0.243. The number of aryl methyl sites for hydroxylation is 2. The van der Waals surface area contributed by atoms with E-state index in [0.717, 1.165) is 5.69 Å². The minimum atomic E-state index is -3.61. The molecule has 0 amide bonds. The molecule has 0 unspecified atom stereocenters. The van der Waals surface area contributed by atoms with Gasteiger partial charge in [0.2, 0.25) is 10.0 Å². The Hall–Kier alpha value is -1.83. The normalized spacial score (nSPS) is 13.0. The molecule has 0 aliphatic carbocycles. The van der Waals surface area contributed by atoms with Gasteiger partial charge in [-0.25, -0.2) is 13.1 Å². The summed E-state index contributed by atoms with van der Waals surface area (Å²) in [4.78, 5) is 0.214. The maximum absolute atomic E-state index is 12.3. The van der Waals surface area contributed by atoms with Crippen LogP contribution in [0.15, 0.2) is 41.4 Å². The molecule has 1 heterocycles. The topological polar surface area (TPSA) is 80.6 Å². The second-order valence-electron chi connectivity index (χ2n) is 5.38. The first kappa shape index (κ1) is 17.5. The Balaban J connectivity index is 2.01. The van der Waals surface area contributed by atoms with E-state index < -0.39 is 16.1 Å². The van der Waals surface area contributed by atoms with Gasteiger partial charge in [0.05, 0.1) is 18.1 Å². The van der Waals surface area contributed by atoms with Gasteiger partial charge in [-0.1, -0.05) is 0 Å². The number of hydrogen-bond acceptors (Lipinski definition) is 4. The summed E-state index contributed by atoms with van der Waals surface area (Å²) in [6, 6.07) is 8.45. The molecule has 23 heavy (non-hydrogen) atoms. The average molecular weight is 338 g/mol. The van der Waals surface area contributed by atoms with E-state index in [2.05, 4.69) is 4.72 Å². The predicted octanol–water partition coefficient (Wildman–Crippen LogP) is 1.74. The lowest BCUT2D eigenvalue weighted by Gasteiger charge is -2.14. The van der Waals surface area contributed by atoms with Crippen LogP contribution < -0.4 is 9.46 Å². The quantitative estimate of drug-likeness (QED) is 0.806. The van der Waals surface area contributed by atoms with Crippen molar-refractivity contribution in [1.29, 1.82) is 0 Å². The third-order valence-electron chi connectivity index (χ3n) is 3.71. The van der Waals surface area contributed by atoms with E-state index in [9.17, 15) is 13.5 Å². The highest BCUT2D eigenvalue weighted by Gasteiger charge is 2.18. The number of benzene rings is 1. The molecular weight excluding hydrogens is 316 g/mol. The summed E-state index contributed by atoms with van der Waals surface area (Å²) < 4.78 is 34.1. The first-order valence-electron chi connectivity index (χ1n) is 7.29. The average Bonchev–Trinajstić information content (AvgIpc) is 2.92. The monoisotopic (exact) mass is 338 g/mol. The molecule has 1 aromatic carbocycles. The Morgan fingerprint density at radius 1 is 1.35 bits per heavy atom. The number of aliphatic hydroxyl groups excluding tert-OH is 1. The summed E-state index contributed by atoms with van der Waals surface area (Å²) in [5, 5.41) is 10.1. The smallest absolute Gasteiger partial charge is 0.240 e. The fourth-order valence-corrected chi connectivity index (χ4v) is 3.70. The molecule has 2 rings (SSSR count). The molecule has 126 valence electrons. The Labute approximate surface area is 136 Å². The Morgan fingerprint density at radius 2 is 2.09 bits per heavy atom. The first-order chi connectivity index (χ1) is 10.8. The van der Waals surface area contributed by atoms with Crippen molar-refractivity contribution in [3.8, 4) is 5.75 Å². The number of nitrogens with one attached hydrogen (secondary N) is 1. The number of aromatic nitrogens is 1. The summed E-state index contributed by atoms with van der Waals surface area (Å²) in [6.45, 7) is 1.87. The predicted molar refractivity (Wildman–Crippen MR) is 87.9 cm³/mol. The van der Waals surface area contributed by atoms with E-state index >= 15 is 0 Å². The van der Waals surface area contributed by atoms with Gasteiger partial charge in [-0.15, -0.1) is 0 Å². The van der Waals surface area contributed by atoms with E-state index in [1.54, 1.807) is 19.1 Å². The lowest BCUT2D eigenvalue weighted by molar-refractivity contribution is 0.161. The van der Waals surface area contributed by atoms with Crippen LogP contribution in [0.4, 0.5) is 0 Å². The molecule has 0 radical (unpaired) electrons. The molecule has 2 aromatic rings. The van der Waals surface area contributed by atoms with Gasteiger partial charge in [-0.05, 0) is 49.2 Å².